The number of nitrogens with one attached hydrogen (secondary N) is 1. The fraction of sp³-hybridized carbons (Fsp3) is 0.800. The van der Waals surface area contributed by atoms with E-state index in [1.54, 1.807) is 7.05 Å². The molecule has 0 spiro atoms. The lowest BCUT2D eigenvalue weighted by Crippen LogP contribution is -2.45. The Bertz CT molecular complexity index is 582. The zero-order valence-electron chi connectivity index (χ0n) is 14.3. The van der Waals surface area contributed by atoms with Gasteiger partial charge in [0.25, 0.3) is 10.2 Å². The van der Waals surface area contributed by atoms with Crippen molar-refractivity contribution in [1.29, 1.82) is 0 Å². The molecule has 2 aliphatic rings. The molecule has 0 unspecified atom stereocenters. The molecule has 0 amide bonds. The molecule has 2 aliphatic heterocycles. The van der Waals surface area contributed by atoms with Crippen molar-refractivity contribution in [2.75, 3.05) is 20.1 Å². The van der Waals surface area contributed by atoms with Crippen molar-refractivity contribution < 1.29 is 8.42 Å². The Kier molecular flexibility index (Phi) is 5.29. The Morgan fingerprint density at radius 3 is 2.73 bits per heavy atom. The van der Waals surface area contributed by atoms with Gasteiger partial charge in [-0.15, -0.1) is 0 Å². The summed E-state index contributed by atoms with van der Waals surface area (Å²) < 4.78 is 29.0. The summed E-state index contributed by atoms with van der Waals surface area (Å²) in [6, 6.07) is 0.100. The zero-order valence-corrected chi connectivity index (χ0v) is 15.1. The van der Waals surface area contributed by atoms with Crippen molar-refractivity contribution in [2.45, 2.75) is 59.0 Å². The zero-order chi connectivity index (χ0) is 16.5. The van der Waals surface area contributed by atoms with Gasteiger partial charge in [0.15, 0.2) is 0 Å². The topological polar surface area (TPSA) is 65.0 Å². The predicted molar refractivity (Wildman–Crippen MR) is 90.0 cm³/mol. The van der Waals surface area contributed by atoms with Gasteiger partial charge in [0.2, 0.25) is 0 Å². The summed E-state index contributed by atoms with van der Waals surface area (Å²) in [7, 11) is -1.77. The van der Waals surface area contributed by atoms with Crippen LogP contribution >= 0.6 is 0 Å². The van der Waals surface area contributed by atoms with Gasteiger partial charge in [-0.25, -0.2) is 0 Å². The van der Waals surface area contributed by atoms with Crippen molar-refractivity contribution in [2.24, 2.45) is 4.99 Å². The Hall–Kier alpha value is -0.920. The first-order valence-corrected chi connectivity index (χ1v) is 9.45. The number of hydrogen-bond donors (Lipinski definition) is 1. The van der Waals surface area contributed by atoms with E-state index in [1.807, 2.05) is 6.92 Å². The lowest BCUT2D eigenvalue weighted by atomic mass is 10.0. The van der Waals surface area contributed by atoms with E-state index in [-0.39, 0.29) is 12.1 Å². The van der Waals surface area contributed by atoms with E-state index >= 15 is 0 Å². The molecule has 0 aromatic heterocycles. The molecule has 2 heterocycles. The summed E-state index contributed by atoms with van der Waals surface area (Å²) in [4.78, 5) is 6.76. The third kappa shape index (κ3) is 3.52. The quantitative estimate of drug-likeness (QED) is 0.807. The number of nitrogens with zero attached hydrogens (tertiary/aromatic N) is 3. The van der Waals surface area contributed by atoms with Crippen molar-refractivity contribution >= 4 is 16.0 Å². The number of fused-ring (bicyclic) bond motifs is 1. The smallest absolute Gasteiger partial charge is 0.279 e. The lowest BCUT2D eigenvalue weighted by Gasteiger charge is -2.28. The maximum atomic E-state index is 12.4. The second-order valence-electron chi connectivity index (χ2n) is 6.29. The molecule has 0 aliphatic carbocycles. The molecular formula is C15H28N4O2S. The third-order valence-electron chi connectivity index (χ3n) is 4.57. The van der Waals surface area contributed by atoms with E-state index < -0.39 is 10.2 Å². The van der Waals surface area contributed by atoms with Crippen molar-refractivity contribution in [3.8, 4) is 0 Å². The third-order valence-corrected chi connectivity index (χ3v) is 6.21. The van der Waals surface area contributed by atoms with E-state index in [0.717, 1.165) is 25.1 Å². The molecule has 7 heteroatoms. The summed E-state index contributed by atoms with van der Waals surface area (Å²) in [5, 5.41) is 0. The van der Waals surface area contributed by atoms with Crippen LogP contribution in [0.3, 0.4) is 0 Å². The van der Waals surface area contributed by atoms with Gasteiger partial charge in [0, 0.05) is 38.3 Å². The number of rotatable bonds is 6. The van der Waals surface area contributed by atoms with Crippen LogP contribution in [0.25, 0.3) is 0 Å². The van der Waals surface area contributed by atoms with Crippen molar-refractivity contribution in [1.82, 2.24) is 13.9 Å². The maximum Gasteiger partial charge on any atom is 0.279 e. The average molecular weight is 328 g/mol. The number of unbranched alkanes of at least 4 members (excludes halogenated alkanes) is 1. The highest BCUT2D eigenvalue weighted by atomic mass is 32.2. The van der Waals surface area contributed by atoms with Gasteiger partial charge < -0.3 is 4.90 Å². The standard InChI is InChI=1S/C15H28N4O2S/c1-6-7-8-18(5)22(20,21)17-14-9-15-11(2)12(3)16-13(4)19(15)10-14/h12,14,17H,6-10H2,1-5H3/t12-,14-/m0/s1. The van der Waals surface area contributed by atoms with Gasteiger partial charge in [-0.05, 0) is 32.8 Å². The molecule has 0 radical (unpaired) electrons. The average Bonchev–Trinajstić information content (AvgIpc) is 2.86. The molecule has 2 atom stereocenters. The van der Waals surface area contributed by atoms with Gasteiger partial charge in [-0.1, -0.05) is 13.3 Å². The summed E-state index contributed by atoms with van der Waals surface area (Å²) in [6.07, 6.45) is 2.60. The first-order chi connectivity index (χ1) is 10.3. The molecule has 6 nitrogen and oxygen atoms in total. The SMILES string of the molecule is CCCCN(C)S(=O)(=O)N[C@H]1CC2=C(C)[C@H](C)N=C(C)N2C1. The molecule has 1 fully saturated rings. The molecular weight excluding hydrogens is 300 g/mol. The minimum absolute atomic E-state index is 0.0884. The molecule has 1 saturated heterocycles. The second-order valence-corrected chi connectivity index (χ2v) is 8.10. The largest absolute Gasteiger partial charge is 0.332 e. The molecule has 22 heavy (non-hydrogen) atoms. The van der Waals surface area contributed by atoms with Crippen molar-refractivity contribution in [3.63, 3.8) is 0 Å². The van der Waals surface area contributed by atoms with E-state index in [4.69, 9.17) is 0 Å². The second kappa shape index (κ2) is 6.68. The van der Waals surface area contributed by atoms with Gasteiger partial charge in [0.1, 0.15) is 5.84 Å². The number of aliphatic imine (C=N–C) groups is 1. The number of hydrogen-bond acceptors (Lipinski definition) is 4. The lowest BCUT2D eigenvalue weighted by molar-refractivity contribution is 0.436. The van der Waals surface area contributed by atoms with Crippen LogP contribution in [0.15, 0.2) is 16.3 Å². The minimum atomic E-state index is -3.41. The van der Waals surface area contributed by atoms with Crippen LogP contribution in [-0.4, -0.2) is 55.7 Å². The molecule has 2 rings (SSSR count). The van der Waals surface area contributed by atoms with E-state index in [0.29, 0.717) is 13.1 Å². The highest BCUT2D eigenvalue weighted by Crippen LogP contribution is 2.31. The molecule has 0 aromatic rings. The monoisotopic (exact) mass is 328 g/mol. The Morgan fingerprint density at radius 1 is 1.41 bits per heavy atom. The van der Waals surface area contributed by atoms with Crippen molar-refractivity contribution in [3.05, 3.63) is 11.3 Å². The van der Waals surface area contributed by atoms with Gasteiger partial charge in [-0.2, -0.15) is 17.4 Å². The summed E-state index contributed by atoms with van der Waals surface area (Å²) in [5.41, 5.74) is 2.47. The van der Waals surface area contributed by atoms with Crippen LogP contribution in [0.5, 0.6) is 0 Å². The fourth-order valence-electron chi connectivity index (χ4n) is 3.01. The molecule has 1 N–H and O–H groups in total. The summed E-state index contributed by atoms with van der Waals surface area (Å²) in [6.45, 7) is 9.44. The highest BCUT2D eigenvalue weighted by Gasteiger charge is 2.35. The molecule has 126 valence electrons. The van der Waals surface area contributed by atoms with Gasteiger partial charge in [0.05, 0.1) is 6.04 Å². The normalized spacial score (nSPS) is 25.7. The van der Waals surface area contributed by atoms with Crippen LogP contribution in [0.1, 0.15) is 47.0 Å². The molecule has 0 bridgehead atoms. The highest BCUT2D eigenvalue weighted by molar-refractivity contribution is 7.87. The Balaban J connectivity index is 2.06. The summed E-state index contributed by atoms with van der Waals surface area (Å²) in [5.74, 6) is 0.981. The van der Waals surface area contributed by atoms with Crippen LogP contribution in [0.4, 0.5) is 0 Å². The van der Waals surface area contributed by atoms with Crippen LogP contribution in [0.2, 0.25) is 0 Å². The Morgan fingerprint density at radius 2 is 2.09 bits per heavy atom. The summed E-state index contributed by atoms with van der Waals surface area (Å²) >= 11 is 0. The van der Waals surface area contributed by atoms with Crippen LogP contribution in [0, 0.1) is 0 Å². The minimum Gasteiger partial charge on any atom is -0.332 e. The first kappa shape index (κ1) is 17.4. The van der Waals surface area contributed by atoms with Crippen LogP contribution < -0.4 is 4.72 Å². The van der Waals surface area contributed by atoms with E-state index in [1.165, 1.54) is 15.6 Å². The van der Waals surface area contributed by atoms with E-state index in [2.05, 4.69) is 35.4 Å². The van der Waals surface area contributed by atoms with Crippen LogP contribution in [-0.2, 0) is 10.2 Å². The fourth-order valence-corrected chi connectivity index (χ4v) is 4.14. The number of amidine groups is 1. The molecule has 0 saturated carbocycles. The van der Waals surface area contributed by atoms with Gasteiger partial charge >= 0.3 is 0 Å². The Labute approximate surface area is 134 Å². The van der Waals surface area contributed by atoms with Gasteiger partial charge in [-0.3, -0.25) is 4.99 Å². The molecule has 0 aromatic carbocycles. The maximum absolute atomic E-state index is 12.4. The first-order valence-electron chi connectivity index (χ1n) is 8.01. The van der Waals surface area contributed by atoms with E-state index in [9.17, 15) is 8.42 Å². The predicted octanol–water partition coefficient (Wildman–Crippen LogP) is 1.72.